The first kappa shape index (κ1) is 11.5. The van der Waals surface area contributed by atoms with E-state index < -0.39 is 5.97 Å². The van der Waals surface area contributed by atoms with E-state index in [9.17, 15) is 4.79 Å². The Morgan fingerprint density at radius 2 is 2.50 bits per heavy atom. The molecule has 0 amide bonds. The van der Waals surface area contributed by atoms with E-state index in [2.05, 4.69) is 11.8 Å². The van der Waals surface area contributed by atoms with Crippen LogP contribution in [-0.2, 0) is 0 Å². The lowest BCUT2D eigenvalue weighted by Crippen LogP contribution is -2.18. The van der Waals surface area contributed by atoms with Gasteiger partial charge in [-0.2, -0.15) is 0 Å². The number of nitrogens with zero attached hydrogens (tertiary/aromatic N) is 1. The zero-order chi connectivity index (χ0) is 11.5. The van der Waals surface area contributed by atoms with E-state index in [4.69, 9.17) is 5.11 Å². The zero-order valence-electron chi connectivity index (χ0n) is 9.48. The SMILES string of the molecule is CCCC1CCN(c2csc(C(=O)O)c2)C1. The summed E-state index contributed by atoms with van der Waals surface area (Å²) in [5.74, 6) is -0.0290. The first-order chi connectivity index (χ1) is 7.70. The molecule has 1 unspecified atom stereocenters. The zero-order valence-corrected chi connectivity index (χ0v) is 10.3. The van der Waals surface area contributed by atoms with Crippen LogP contribution >= 0.6 is 11.3 Å². The van der Waals surface area contributed by atoms with Crippen molar-refractivity contribution in [2.45, 2.75) is 26.2 Å². The third kappa shape index (κ3) is 2.38. The second kappa shape index (κ2) is 4.87. The molecule has 0 spiro atoms. The largest absolute Gasteiger partial charge is 0.477 e. The molecule has 0 aliphatic carbocycles. The average molecular weight is 239 g/mol. The van der Waals surface area contributed by atoms with Gasteiger partial charge in [0.15, 0.2) is 0 Å². The fraction of sp³-hybridized carbons (Fsp3) is 0.583. The van der Waals surface area contributed by atoms with Crippen molar-refractivity contribution in [1.82, 2.24) is 0 Å². The highest BCUT2D eigenvalue weighted by molar-refractivity contribution is 7.12. The summed E-state index contributed by atoms with van der Waals surface area (Å²) in [7, 11) is 0. The Balaban J connectivity index is 2.00. The van der Waals surface area contributed by atoms with Gasteiger partial charge in [-0.25, -0.2) is 4.79 Å². The minimum atomic E-state index is -0.819. The predicted octanol–water partition coefficient (Wildman–Crippen LogP) is 3.07. The van der Waals surface area contributed by atoms with E-state index >= 15 is 0 Å². The minimum Gasteiger partial charge on any atom is -0.477 e. The molecule has 1 aromatic rings. The van der Waals surface area contributed by atoms with Crippen LogP contribution < -0.4 is 4.90 Å². The number of hydrogen-bond donors (Lipinski definition) is 1. The van der Waals surface area contributed by atoms with Crippen LogP contribution in [0.25, 0.3) is 0 Å². The van der Waals surface area contributed by atoms with Crippen LogP contribution in [0.5, 0.6) is 0 Å². The summed E-state index contributed by atoms with van der Waals surface area (Å²) in [5.41, 5.74) is 1.08. The Labute approximate surface area is 99.7 Å². The standard InChI is InChI=1S/C12H17NO2S/c1-2-3-9-4-5-13(7-9)10-6-11(12(14)15)16-8-10/h6,8-9H,2-5,7H2,1H3,(H,14,15). The fourth-order valence-corrected chi connectivity index (χ4v) is 3.07. The minimum absolute atomic E-state index is 0.439. The molecule has 88 valence electrons. The van der Waals surface area contributed by atoms with E-state index in [0.29, 0.717) is 4.88 Å². The van der Waals surface area contributed by atoms with Crippen molar-refractivity contribution in [2.24, 2.45) is 5.92 Å². The molecular formula is C12H17NO2S. The van der Waals surface area contributed by atoms with Gasteiger partial charge < -0.3 is 10.0 Å². The van der Waals surface area contributed by atoms with Gasteiger partial charge >= 0.3 is 5.97 Å². The topological polar surface area (TPSA) is 40.5 Å². The Kier molecular flexibility index (Phi) is 3.49. The van der Waals surface area contributed by atoms with Gasteiger partial charge in [0.05, 0.1) is 0 Å². The van der Waals surface area contributed by atoms with Gasteiger partial charge in [0, 0.05) is 24.2 Å². The van der Waals surface area contributed by atoms with Crippen LogP contribution in [0, 0.1) is 5.92 Å². The van der Waals surface area contributed by atoms with E-state index in [1.54, 1.807) is 6.07 Å². The summed E-state index contributed by atoms with van der Waals surface area (Å²) in [5, 5.41) is 10.8. The molecule has 1 N–H and O–H groups in total. The Morgan fingerprint density at radius 1 is 1.69 bits per heavy atom. The molecule has 1 aliphatic heterocycles. The number of aromatic carboxylic acids is 1. The summed E-state index contributed by atoms with van der Waals surface area (Å²) < 4.78 is 0. The summed E-state index contributed by atoms with van der Waals surface area (Å²) in [6, 6.07) is 1.79. The maximum atomic E-state index is 10.8. The van der Waals surface area contributed by atoms with Crippen molar-refractivity contribution in [3.05, 3.63) is 16.3 Å². The maximum absolute atomic E-state index is 10.8. The normalized spacial score (nSPS) is 20.3. The van der Waals surface area contributed by atoms with Gasteiger partial charge in [0.25, 0.3) is 0 Å². The smallest absolute Gasteiger partial charge is 0.345 e. The second-order valence-corrected chi connectivity index (χ2v) is 5.27. The lowest BCUT2D eigenvalue weighted by molar-refractivity contribution is 0.0702. The Bertz CT molecular complexity index is 375. The van der Waals surface area contributed by atoms with Crippen LogP contribution in [0.1, 0.15) is 35.9 Å². The van der Waals surface area contributed by atoms with Gasteiger partial charge in [-0.05, 0) is 24.8 Å². The van der Waals surface area contributed by atoms with E-state index in [1.165, 1.54) is 30.6 Å². The molecule has 0 aromatic carbocycles. The average Bonchev–Trinajstić information content (AvgIpc) is 2.84. The van der Waals surface area contributed by atoms with Crippen LogP contribution in [0.4, 0.5) is 5.69 Å². The molecule has 1 atom stereocenters. The molecule has 2 heterocycles. The molecule has 1 aromatic heterocycles. The molecule has 0 saturated carbocycles. The molecule has 4 heteroatoms. The number of thiophene rings is 1. The number of carboxylic acid groups (broad SMARTS) is 1. The highest BCUT2D eigenvalue weighted by Crippen LogP contribution is 2.29. The molecule has 0 radical (unpaired) electrons. The van der Waals surface area contributed by atoms with Crippen molar-refractivity contribution < 1.29 is 9.90 Å². The van der Waals surface area contributed by atoms with Crippen molar-refractivity contribution in [3.63, 3.8) is 0 Å². The van der Waals surface area contributed by atoms with Crippen LogP contribution in [0.3, 0.4) is 0 Å². The lowest BCUT2D eigenvalue weighted by Gasteiger charge is -2.16. The fourth-order valence-electron chi connectivity index (χ4n) is 2.32. The number of anilines is 1. The summed E-state index contributed by atoms with van der Waals surface area (Å²) in [4.78, 5) is 13.5. The molecule has 2 rings (SSSR count). The van der Waals surface area contributed by atoms with Crippen molar-refractivity contribution in [1.29, 1.82) is 0 Å². The summed E-state index contributed by atoms with van der Waals surface area (Å²) >= 11 is 1.32. The molecule has 3 nitrogen and oxygen atoms in total. The molecule has 0 bridgehead atoms. The highest BCUT2D eigenvalue weighted by atomic mass is 32.1. The Morgan fingerprint density at radius 3 is 3.12 bits per heavy atom. The lowest BCUT2D eigenvalue weighted by atomic mass is 10.0. The highest BCUT2D eigenvalue weighted by Gasteiger charge is 2.23. The molecule has 1 fully saturated rings. The van der Waals surface area contributed by atoms with Gasteiger partial charge in [0.2, 0.25) is 0 Å². The molecular weight excluding hydrogens is 222 g/mol. The van der Waals surface area contributed by atoms with Gasteiger partial charge in [-0.15, -0.1) is 11.3 Å². The molecule has 16 heavy (non-hydrogen) atoms. The number of hydrogen-bond acceptors (Lipinski definition) is 3. The summed E-state index contributed by atoms with van der Waals surface area (Å²) in [6.07, 6.45) is 3.76. The Hall–Kier alpha value is -1.03. The summed E-state index contributed by atoms with van der Waals surface area (Å²) in [6.45, 7) is 4.37. The first-order valence-corrected chi connectivity index (χ1v) is 6.65. The number of rotatable bonds is 4. The van der Waals surface area contributed by atoms with Crippen LogP contribution in [0.15, 0.2) is 11.4 Å². The quantitative estimate of drug-likeness (QED) is 0.877. The van der Waals surface area contributed by atoms with Gasteiger partial charge in [0.1, 0.15) is 4.88 Å². The van der Waals surface area contributed by atoms with Crippen LogP contribution in [-0.4, -0.2) is 24.2 Å². The molecule has 1 aliphatic rings. The van der Waals surface area contributed by atoms with Crippen molar-refractivity contribution in [2.75, 3.05) is 18.0 Å². The van der Waals surface area contributed by atoms with Gasteiger partial charge in [-0.1, -0.05) is 13.3 Å². The number of carboxylic acids is 1. The third-order valence-electron chi connectivity index (χ3n) is 3.14. The number of carbonyl (C=O) groups is 1. The monoisotopic (exact) mass is 239 g/mol. The van der Waals surface area contributed by atoms with E-state index in [-0.39, 0.29) is 0 Å². The molecule has 1 saturated heterocycles. The van der Waals surface area contributed by atoms with Crippen molar-refractivity contribution >= 4 is 23.0 Å². The predicted molar refractivity (Wildman–Crippen MR) is 66.5 cm³/mol. The first-order valence-electron chi connectivity index (χ1n) is 5.77. The van der Waals surface area contributed by atoms with Crippen molar-refractivity contribution in [3.8, 4) is 0 Å². The third-order valence-corrected chi connectivity index (χ3v) is 4.05. The van der Waals surface area contributed by atoms with E-state index in [0.717, 1.165) is 24.7 Å². The van der Waals surface area contributed by atoms with E-state index in [1.807, 2.05) is 5.38 Å². The van der Waals surface area contributed by atoms with Crippen LogP contribution in [0.2, 0.25) is 0 Å². The second-order valence-electron chi connectivity index (χ2n) is 4.36. The maximum Gasteiger partial charge on any atom is 0.345 e. The van der Waals surface area contributed by atoms with Gasteiger partial charge in [-0.3, -0.25) is 0 Å².